The van der Waals surface area contributed by atoms with Crippen LogP contribution in [0.15, 0.2) is 48.5 Å². The maximum atomic E-state index is 13.1. The summed E-state index contributed by atoms with van der Waals surface area (Å²) in [6, 6.07) is 16.3. The summed E-state index contributed by atoms with van der Waals surface area (Å²) in [4.78, 5) is 14.7. The minimum atomic E-state index is -0.212. The molecular weight excluding hydrogens is 365 g/mol. The maximum Gasteiger partial charge on any atom is 0.317 e. The average molecular weight is 394 g/mol. The highest BCUT2D eigenvalue weighted by Crippen LogP contribution is 2.37. The molecule has 1 aliphatic carbocycles. The second kappa shape index (κ2) is 7.79. The van der Waals surface area contributed by atoms with E-state index < -0.39 is 0 Å². The molecule has 4 nitrogen and oxygen atoms in total. The van der Waals surface area contributed by atoms with Gasteiger partial charge in [0.2, 0.25) is 0 Å². The van der Waals surface area contributed by atoms with E-state index in [1.54, 1.807) is 0 Å². The number of carbonyl (C=O) groups is 1. The zero-order valence-electron chi connectivity index (χ0n) is 16.6. The van der Waals surface area contributed by atoms with Crippen molar-refractivity contribution < 1.29 is 9.18 Å². The van der Waals surface area contributed by atoms with Gasteiger partial charge in [-0.2, -0.15) is 0 Å². The molecule has 3 heterocycles. The first-order valence-corrected chi connectivity index (χ1v) is 10.8. The average Bonchev–Trinajstić information content (AvgIpc) is 2.76. The maximum absolute atomic E-state index is 13.1. The summed E-state index contributed by atoms with van der Waals surface area (Å²) in [6.07, 6.45) is 5.99. The molecule has 0 aromatic heterocycles. The van der Waals surface area contributed by atoms with Gasteiger partial charge in [0.1, 0.15) is 5.82 Å². The number of rotatable bonds is 3. The van der Waals surface area contributed by atoms with Crippen LogP contribution in [0.4, 0.5) is 9.18 Å². The third-order valence-electron chi connectivity index (χ3n) is 6.82. The lowest BCUT2D eigenvalue weighted by molar-refractivity contribution is 0.0694. The number of piperidine rings is 1. The third kappa shape index (κ3) is 3.76. The molecule has 2 aromatic carbocycles. The van der Waals surface area contributed by atoms with Crippen molar-refractivity contribution >= 4 is 6.03 Å². The Kier molecular flexibility index (Phi) is 5.00. The minimum absolute atomic E-state index is 0.110. The second-order valence-electron chi connectivity index (χ2n) is 8.72. The molecule has 3 aliphatic heterocycles. The van der Waals surface area contributed by atoms with E-state index in [2.05, 4.69) is 34.9 Å². The van der Waals surface area contributed by atoms with E-state index >= 15 is 0 Å². The van der Waals surface area contributed by atoms with Crippen LogP contribution in [0.25, 0.3) is 11.1 Å². The van der Waals surface area contributed by atoms with E-state index in [1.165, 1.54) is 37.0 Å². The highest BCUT2D eigenvalue weighted by Gasteiger charge is 2.48. The number of urea groups is 1. The van der Waals surface area contributed by atoms with Crippen molar-refractivity contribution in [2.75, 3.05) is 13.1 Å². The number of benzene rings is 2. The van der Waals surface area contributed by atoms with Gasteiger partial charge in [-0.3, -0.25) is 0 Å². The Morgan fingerprint density at radius 2 is 1.48 bits per heavy atom. The van der Waals surface area contributed by atoms with Gasteiger partial charge in [0.25, 0.3) is 0 Å². The normalized spacial score (nSPS) is 26.7. The summed E-state index contributed by atoms with van der Waals surface area (Å²) >= 11 is 0. The van der Waals surface area contributed by atoms with Crippen LogP contribution in [0, 0.1) is 5.82 Å². The number of carbonyl (C=O) groups excluding carboxylic acids is 1. The van der Waals surface area contributed by atoms with Crippen LogP contribution in [-0.4, -0.2) is 42.1 Å². The zero-order valence-corrected chi connectivity index (χ0v) is 16.6. The summed E-state index contributed by atoms with van der Waals surface area (Å²) in [5.74, 6) is 0.242. The molecule has 29 heavy (non-hydrogen) atoms. The van der Waals surface area contributed by atoms with Gasteiger partial charge in [-0.05, 0) is 41.7 Å². The Morgan fingerprint density at radius 3 is 2.10 bits per heavy atom. The number of amides is 2. The highest BCUT2D eigenvalue weighted by molar-refractivity contribution is 5.75. The lowest BCUT2D eigenvalue weighted by Crippen LogP contribution is -2.73. The topological polar surface area (TPSA) is 44.4 Å². The monoisotopic (exact) mass is 393 g/mol. The Bertz CT molecular complexity index is 849. The standard InChI is InChI=1S/C24H28FN3O/c25-19-12-10-17(11-13-19)16-6-8-18(9-7-16)23-21-14-28(15-22(23)27-21)24(29)26-20-4-2-1-3-5-20/h6-13,20-23,27H,1-5,14-15H2,(H,26,29)/t21-,22+,23?. The SMILES string of the molecule is O=C(NC1CCCCC1)N1C[C@@H]2N[C@H](C1)C2c1ccc(-c2ccc(F)cc2)cc1. The van der Waals surface area contributed by atoms with Crippen LogP contribution in [0.5, 0.6) is 0 Å². The number of hydrogen-bond donors (Lipinski definition) is 2. The molecule has 4 aliphatic rings. The molecule has 3 atom stereocenters. The molecule has 1 saturated carbocycles. The van der Waals surface area contributed by atoms with Crippen molar-refractivity contribution in [1.29, 1.82) is 0 Å². The Hall–Kier alpha value is -2.40. The zero-order chi connectivity index (χ0) is 19.8. The van der Waals surface area contributed by atoms with Crippen LogP contribution in [-0.2, 0) is 0 Å². The van der Waals surface area contributed by atoms with Gasteiger partial charge in [0, 0.05) is 37.1 Å². The third-order valence-corrected chi connectivity index (χ3v) is 6.82. The molecular formula is C24H28FN3O. The van der Waals surface area contributed by atoms with Crippen LogP contribution in [0.2, 0.25) is 0 Å². The summed E-state index contributed by atoms with van der Waals surface area (Å²) in [5, 5.41) is 6.85. The quantitative estimate of drug-likeness (QED) is 0.818. The molecule has 2 bridgehead atoms. The molecule has 4 fully saturated rings. The van der Waals surface area contributed by atoms with Gasteiger partial charge in [-0.25, -0.2) is 9.18 Å². The van der Waals surface area contributed by atoms with E-state index in [4.69, 9.17) is 0 Å². The summed E-state index contributed by atoms with van der Waals surface area (Å²) in [5.41, 5.74) is 3.44. The van der Waals surface area contributed by atoms with E-state index in [0.29, 0.717) is 24.0 Å². The van der Waals surface area contributed by atoms with Crippen molar-refractivity contribution in [3.63, 3.8) is 0 Å². The Labute approximate surface area is 171 Å². The smallest absolute Gasteiger partial charge is 0.317 e. The summed E-state index contributed by atoms with van der Waals surface area (Å²) in [6.45, 7) is 1.53. The fourth-order valence-corrected chi connectivity index (χ4v) is 5.21. The number of nitrogens with one attached hydrogen (secondary N) is 2. The predicted molar refractivity (Wildman–Crippen MR) is 112 cm³/mol. The van der Waals surface area contributed by atoms with Gasteiger partial charge >= 0.3 is 6.03 Å². The number of fused-ring (bicyclic) bond motifs is 2. The van der Waals surface area contributed by atoms with Crippen molar-refractivity contribution in [3.05, 3.63) is 59.9 Å². The largest absolute Gasteiger partial charge is 0.335 e. The van der Waals surface area contributed by atoms with Crippen molar-refractivity contribution in [1.82, 2.24) is 15.5 Å². The van der Waals surface area contributed by atoms with Crippen LogP contribution in [0.3, 0.4) is 0 Å². The first-order valence-electron chi connectivity index (χ1n) is 10.8. The fourth-order valence-electron chi connectivity index (χ4n) is 5.21. The molecule has 1 unspecified atom stereocenters. The molecule has 5 heteroatoms. The molecule has 0 spiro atoms. The number of nitrogens with zero attached hydrogens (tertiary/aromatic N) is 1. The number of piperazine rings is 1. The Morgan fingerprint density at radius 1 is 0.897 bits per heavy atom. The van der Waals surface area contributed by atoms with E-state index in [-0.39, 0.29) is 11.8 Å². The van der Waals surface area contributed by atoms with Gasteiger partial charge in [0.15, 0.2) is 0 Å². The van der Waals surface area contributed by atoms with Crippen LogP contribution < -0.4 is 10.6 Å². The van der Waals surface area contributed by atoms with Crippen molar-refractivity contribution in [3.8, 4) is 11.1 Å². The lowest BCUT2D eigenvalue weighted by Gasteiger charge is -2.54. The highest BCUT2D eigenvalue weighted by atomic mass is 19.1. The number of halogens is 1. The van der Waals surface area contributed by atoms with Crippen LogP contribution in [0.1, 0.15) is 43.6 Å². The molecule has 152 valence electrons. The summed E-state index contributed by atoms with van der Waals surface area (Å²) in [7, 11) is 0. The molecule has 2 aromatic rings. The Balaban J connectivity index is 1.21. The molecule has 0 radical (unpaired) electrons. The second-order valence-corrected chi connectivity index (χ2v) is 8.72. The van der Waals surface area contributed by atoms with Crippen LogP contribution >= 0.6 is 0 Å². The molecule has 6 rings (SSSR count). The van der Waals surface area contributed by atoms with E-state index in [1.807, 2.05) is 17.0 Å². The summed E-state index contributed by atoms with van der Waals surface area (Å²) < 4.78 is 13.1. The number of hydrogen-bond acceptors (Lipinski definition) is 2. The van der Waals surface area contributed by atoms with Crippen molar-refractivity contribution in [2.24, 2.45) is 0 Å². The lowest BCUT2D eigenvalue weighted by atomic mass is 9.74. The van der Waals surface area contributed by atoms with Gasteiger partial charge in [-0.1, -0.05) is 55.7 Å². The predicted octanol–water partition coefficient (Wildman–Crippen LogP) is 4.27. The first-order chi connectivity index (χ1) is 14.2. The van der Waals surface area contributed by atoms with E-state index in [9.17, 15) is 9.18 Å². The molecule has 3 saturated heterocycles. The molecule has 2 amide bonds. The molecule has 2 N–H and O–H groups in total. The fraction of sp³-hybridized carbons (Fsp3) is 0.458. The first kappa shape index (κ1) is 18.6. The van der Waals surface area contributed by atoms with Crippen molar-refractivity contribution in [2.45, 2.75) is 56.1 Å². The van der Waals surface area contributed by atoms with Gasteiger partial charge < -0.3 is 15.5 Å². The van der Waals surface area contributed by atoms with E-state index in [0.717, 1.165) is 37.1 Å². The van der Waals surface area contributed by atoms with Gasteiger partial charge in [0.05, 0.1) is 0 Å². The minimum Gasteiger partial charge on any atom is -0.335 e. The van der Waals surface area contributed by atoms with Gasteiger partial charge in [-0.15, -0.1) is 0 Å².